The van der Waals surface area contributed by atoms with Crippen molar-refractivity contribution in [1.29, 1.82) is 0 Å². The molecule has 3 fully saturated rings. The first-order valence-electron chi connectivity index (χ1n) is 25.9. The summed E-state index contributed by atoms with van der Waals surface area (Å²) >= 11 is 0. The smallest absolute Gasteiger partial charge is 0.248 e. The second kappa shape index (κ2) is 24.1. The molecule has 0 saturated carbocycles. The van der Waals surface area contributed by atoms with E-state index in [2.05, 4.69) is 25.8 Å². The van der Waals surface area contributed by atoms with Crippen LogP contribution in [0.15, 0.2) is 60.8 Å². The van der Waals surface area contributed by atoms with E-state index in [4.69, 9.17) is 4.74 Å². The Morgan fingerprint density at radius 2 is 1.40 bits per heavy atom. The molecule has 0 radical (unpaired) electrons. The first-order chi connectivity index (χ1) is 35.3. The normalized spacial score (nSPS) is 27.6. The van der Waals surface area contributed by atoms with E-state index in [0.717, 1.165) is 32.8 Å². The fraction of sp³-hybridized carbons (Fsp3) is 0.574. The molecule has 11 atom stereocenters. The van der Waals surface area contributed by atoms with Crippen molar-refractivity contribution in [2.75, 3.05) is 20.7 Å². The zero-order valence-corrected chi connectivity index (χ0v) is 45.0. The maximum Gasteiger partial charge on any atom is 0.248 e. The highest BCUT2D eigenvalue weighted by Gasteiger charge is 2.48. The molecule has 1 aromatic heterocycles. The number of aromatic nitrogens is 1. The van der Waals surface area contributed by atoms with Crippen molar-refractivity contribution in [1.82, 2.24) is 40.5 Å². The van der Waals surface area contributed by atoms with E-state index >= 15 is 4.79 Å². The number of nitrogens with one attached hydrogen (secondary N) is 5. The summed E-state index contributed by atoms with van der Waals surface area (Å²) < 4.78 is 7.85. The molecule has 0 aliphatic carbocycles. The number of quaternary nitrogens is 1. The molecular weight excluding hydrogens is 967 g/mol. The number of rotatable bonds is 13. The topological polar surface area (TPSA) is 283 Å². The van der Waals surface area contributed by atoms with Crippen LogP contribution < -0.4 is 26.5 Å². The van der Waals surface area contributed by atoms with Crippen molar-refractivity contribution >= 4 is 57.9 Å². The molecule has 3 aliphatic rings. The zero-order valence-electron chi connectivity index (χ0n) is 45.0. The minimum Gasteiger partial charge on any atom is -0.595 e. The van der Waals surface area contributed by atoms with Gasteiger partial charge < -0.3 is 60.7 Å². The van der Waals surface area contributed by atoms with Crippen LogP contribution in [0, 0.1) is 23.0 Å². The lowest BCUT2D eigenvalue weighted by atomic mass is 9.89. The number of benzene rings is 2. The SMILES string of the molecule is CC=CCC1NC(=O)C(CC(C)C)N2C(=O)C(CC(C)C2O)N(C)C(=O)C(C)NC(=O)C(Cc2ccc(O)c([NH+]([O-])O)c2)NC(=O)C(CC(C)C)N(C)C(=O)C(Cc2cn(C(C)(C)C3CO3)c3ccccc23)NC1=O. The second-order valence-electron chi connectivity index (χ2n) is 21.9. The van der Waals surface area contributed by atoms with Crippen molar-refractivity contribution in [2.45, 2.75) is 161 Å². The number of aliphatic hydroxyl groups is 1. The van der Waals surface area contributed by atoms with E-state index in [1.807, 2.05) is 72.0 Å². The number of fused-ring (bicyclic) bond motifs is 3. The monoisotopic (exact) mass is 1040 g/mol. The number of hydrogen-bond acceptors (Lipinski definition) is 12. The van der Waals surface area contributed by atoms with Crippen LogP contribution in [-0.4, -0.2) is 151 Å². The molecule has 75 heavy (non-hydrogen) atoms. The van der Waals surface area contributed by atoms with Gasteiger partial charge in [-0.15, -0.1) is 0 Å². The fourth-order valence-corrected chi connectivity index (χ4v) is 10.3. The van der Waals surface area contributed by atoms with Gasteiger partial charge in [0.15, 0.2) is 5.75 Å². The van der Waals surface area contributed by atoms with Crippen LogP contribution in [0.3, 0.4) is 0 Å². The lowest BCUT2D eigenvalue weighted by Gasteiger charge is -2.46. The number of epoxide rings is 1. The van der Waals surface area contributed by atoms with E-state index in [1.54, 1.807) is 26.0 Å². The number of amides is 7. The van der Waals surface area contributed by atoms with Crippen LogP contribution in [0.25, 0.3) is 10.9 Å². The van der Waals surface area contributed by atoms with Gasteiger partial charge in [0.25, 0.3) is 0 Å². The van der Waals surface area contributed by atoms with Gasteiger partial charge in [0.1, 0.15) is 54.6 Å². The predicted octanol–water partition coefficient (Wildman–Crippen LogP) is 1.91. The number of para-hydroxylation sites is 1. The number of carbonyl (C=O) groups is 7. The van der Waals surface area contributed by atoms with E-state index in [9.17, 15) is 49.4 Å². The van der Waals surface area contributed by atoms with E-state index in [0.29, 0.717) is 12.2 Å². The number of phenolic OH excluding ortho intramolecular Hbond substituents is 1. The Morgan fingerprint density at radius 3 is 2.03 bits per heavy atom. The van der Waals surface area contributed by atoms with E-state index in [1.165, 1.54) is 32.0 Å². The summed E-state index contributed by atoms with van der Waals surface area (Å²) in [5.74, 6) is -6.87. The number of allylic oxidation sites excluding steroid dienone is 1. The first-order valence-corrected chi connectivity index (χ1v) is 25.9. The number of phenols is 1. The lowest BCUT2D eigenvalue weighted by Crippen LogP contribution is -2.99. The number of carbonyl (C=O) groups excluding carboxylic acids is 7. The highest BCUT2D eigenvalue weighted by Crippen LogP contribution is 2.37. The van der Waals surface area contributed by atoms with E-state index in [-0.39, 0.29) is 62.0 Å². The van der Waals surface area contributed by atoms with Crippen LogP contribution in [0.1, 0.15) is 99.1 Å². The quantitative estimate of drug-likeness (QED) is 0.0528. The Hall–Kier alpha value is -6.39. The highest BCUT2D eigenvalue weighted by atomic mass is 16.8. The molecule has 0 spiro atoms. The van der Waals surface area contributed by atoms with Gasteiger partial charge in [-0.25, -0.2) is 5.21 Å². The third-order valence-electron chi connectivity index (χ3n) is 14.8. The van der Waals surface area contributed by atoms with Gasteiger partial charge in [0, 0.05) is 56.0 Å². The molecule has 3 aromatic rings. The Morgan fingerprint density at radius 1 is 0.800 bits per heavy atom. The van der Waals surface area contributed by atoms with Crippen LogP contribution >= 0.6 is 0 Å². The Kier molecular flexibility index (Phi) is 18.6. The standard InChI is InChI=1S/C54H77N9O12/c1-12-13-17-36-46(65)58-38(26-34-27-61(54(8,9)45-28-75-45)39-18-15-14-16-35(34)39)52(71)59(10)41(21-29(2)3)48(67)57-37(24-33-19-20-44(64)40(25-33)63(73)74)47(66)55-32(7)51(70)60(11)43-23-31(6)50(69)62(53(43)72)42(22-30(4)5)49(68)56-36/h12-16,18-20,25,27,29-32,36-38,41-43,45,50,63-64,69,73H,17,21-24,26,28H2,1-11H3,(H,55,66)(H,56,68)(H,57,67)(H,58,65). The van der Waals surface area contributed by atoms with Crippen molar-refractivity contribution in [2.24, 2.45) is 17.8 Å². The fourth-order valence-electron chi connectivity index (χ4n) is 10.3. The van der Waals surface area contributed by atoms with Crippen LogP contribution in [-0.2, 0) is 56.7 Å². The van der Waals surface area contributed by atoms with Gasteiger partial charge in [-0.05, 0) is 88.5 Å². The van der Waals surface area contributed by atoms with Crippen molar-refractivity contribution in [3.05, 3.63) is 77.1 Å². The van der Waals surface area contributed by atoms with Gasteiger partial charge in [-0.1, -0.05) is 71.0 Å². The third-order valence-corrected chi connectivity index (χ3v) is 14.8. The average molecular weight is 1040 g/mol. The minimum absolute atomic E-state index is 0.00209. The molecule has 8 N–H and O–H groups in total. The maximum atomic E-state index is 15.4. The zero-order chi connectivity index (χ0) is 55.4. The molecule has 2 bridgehead atoms. The lowest BCUT2D eigenvalue weighted by molar-refractivity contribution is -0.991. The molecule has 3 saturated heterocycles. The summed E-state index contributed by atoms with van der Waals surface area (Å²) in [7, 11) is 2.81. The van der Waals surface area contributed by atoms with Crippen molar-refractivity contribution in [3.63, 3.8) is 0 Å². The summed E-state index contributed by atoms with van der Waals surface area (Å²) in [5.41, 5.74) is 0.806. The van der Waals surface area contributed by atoms with Crippen LogP contribution in [0.5, 0.6) is 5.75 Å². The molecule has 410 valence electrons. The number of nitrogens with zero attached hydrogens (tertiary/aromatic N) is 4. The molecule has 11 unspecified atom stereocenters. The van der Waals surface area contributed by atoms with Crippen LogP contribution in [0.2, 0.25) is 0 Å². The molecule has 6 rings (SSSR count). The summed E-state index contributed by atoms with van der Waals surface area (Å²) in [4.78, 5) is 107. The maximum absolute atomic E-state index is 15.4. The molecule has 21 nitrogen and oxygen atoms in total. The largest absolute Gasteiger partial charge is 0.595 e. The molecule has 21 heteroatoms. The van der Waals surface area contributed by atoms with Gasteiger partial charge in [-0.2, -0.15) is 5.23 Å². The van der Waals surface area contributed by atoms with Crippen LogP contribution in [0.4, 0.5) is 5.69 Å². The number of aliphatic hydroxyl groups excluding tert-OH is 1. The number of likely N-dealkylation sites (N-methyl/N-ethyl adjacent to an activating group) is 2. The predicted molar refractivity (Wildman–Crippen MR) is 278 cm³/mol. The minimum atomic E-state index is -1.50. The Labute approximate surface area is 438 Å². The summed E-state index contributed by atoms with van der Waals surface area (Å²) in [6, 6.07) is 2.05. The second-order valence-corrected chi connectivity index (χ2v) is 21.9. The summed E-state index contributed by atoms with van der Waals surface area (Å²) in [6.07, 6.45) is 3.46. The number of aromatic hydroxyl groups is 1. The molecule has 2 aromatic carbocycles. The average Bonchev–Trinajstić information content (AvgIpc) is 4.16. The molecule has 4 heterocycles. The molecule has 7 amide bonds. The van der Waals surface area contributed by atoms with Crippen molar-refractivity contribution < 1.29 is 58.9 Å². The summed E-state index contributed by atoms with van der Waals surface area (Å²) in [6.45, 7) is 16.9. The highest BCUT2D eigenvalue weighted by molar-refractivity contribution is 5.99. The number of piperidine rings is 1. The Balaban J connectivity index is 1.51. The molecule has 3 aliphatic heterocycles. The third kappa shape index (κ3) is 13.2. The first kappa shape index (κ1) is 57.9. The van der Waals surface area contributed by atoms with Crippen molar-refractivity contribution in [3.8, 4) is 5.75 Å². The van der Waals surface area contributed by atoms with Gasteiger partial charge in [-0.3, -0.25) is 33.6 Å². The van der Waals surface area contributed by atoms with E-state index < -0.39 is 118 Å². The van der Waals surface area contributed by atoms with Gasteiger partial charge >= 0.3 is 0 Å². The number of hydrogen-bond donors (Lipinski definition) is 8. The van der Waals surface area contributed by atoms with Gasteiger partial charge in [0.2, 0.25) is 47.0 Å². The van der Waals surface area contributed by atoms with Gasteiger partial charge in [0.05, 0.1) is 12.1 Å². The number of ether oxygens (including phenoxy) is 1. The molecular formula is C54H77N9O12. The summed E-state index contributed by atoms with van der Waals surface area (Å²) in [5, 5.41) is 54.6. The Bertz CT molecular complexity index is 2630.